The van der Waals surface area contributed by atoms with Crippen molar-refractivity contribution in [3.8, 4) is 11.4 Å². The van der Waals surface area contributed by atoms with Crippen molar-refractivity contribution in [2.45, 2.75) is 19.1 Å². The number of fused-ring (bicyclic) bond motifs is 1. The maximum absolute atomic E-state index is 13.4. The van der Waals surface area contributed by atoms with E-state index in [4.69, 9.17) is 5.73 Å². The van der Waals surface area contributed by atoms with Crippen LogP contribution in [0.1, 0.15) is 11.1 Å². The molecule has 3 heterocycles. The number of aryl methyl sites for hydroxylation is 1. The van der Waals surface area contributed by atoms with Crippen LogP contribution in [-0.2, 0) is 19.1 Å². The second kappa shape index (κ2) is 7.32. The van der Waals surface area contributed by atoms with Crippen molar-refractivity contribution in [2.75, 3.05) is 5.73 Å². The Kier molecular flexibility index (Phi) is 4.83. The minimum atomic E-state index is -4.63. The maximum atomic E-state index is 13.4. The summed E-state index contributed by atoms with van der Waals surface area (Å²) < 4.78 is 41.5. The lowest BCUT2D eigenvalue weighted by molar-refractivity contribution is -0.136. The highest BCUT2D eigenvalue weighted by atomic mass is 32.1. The first-order valence-electron chi connectivity index (χ1n) is 8.70. The van der Waals surface area contributed by atoms with Gasteiger partial charge < -0.3 is 5.73 Å². The third-order valence-corrected chi connectivity index (χ3v) is 5.42. The average Bonchev–Trinajstić information content (AvgIpc) is 3.13. The fraction of sp³-hybridized carbons (Fsp3) is 0.150. The summed E-state index contributed by atoms with van der Waals surface area (Å²) in [5.74, 6) is 0.361. The summed E-state index contributed by atoms with van der Waals surface area (Å²) >= 11 is 0.787. The van der Waals surface area contributed by atoms with Crippen LogP contribution in [0.4, 0.5) is 19.0 Å². The lowest BCUT2D eigenvalue weighted by Gasteiger charge is -2.14. The van der Waals surface area contributed by atoms with Crippen LogP contribution in [0.15, 0.2) is 58.8 Å². The van der Waals surface area contributed by atoms with Gasteiger partial charge in [0.1, 0.15) is 16.5 Å². The van der Waals surface area contributed by atoms with Gasteiger partial charge in [-0.15, -0.1) is 11.3 Å². The largest absolute Gasteiger partial charge is 0.418 e. The highest BCUT2D eigenvalue weighted by Gasteiger charge is 2.36. The number of alkyl halides is 3. The lowest BCUT2D eigenvalue weighted by atomic mass is 10.1. The standard InChI is InChI=1S/C20H15F3N4OS/c21-20(22,23)14-11-29-18-15(14)19(28)27(10-8-12-5-2-1-3-6-12)17(26-18)13-7-4-9-25-16(13)24/h1-7,9,11H,8,10H2,(H2,24,25). The van der Waals surface area contributed by atoms with Crippen LogP contribution in [0, 0.1) is 0 Å². The van der Waals surface area contributed by atoms with Gasteiger partial charge in [0.15, 0.2) is 0 Å². The van der Waals surface area contributed by atoms with E-state index in [-0.39, 0.29) is 23.0 Å². The van der Waals surface area contributed by atoms with E-state index in [2.05, 4.69) is 9.97 Å². The second-order valence-corrected chi connectivity index (χ2v) is 7.25. The van der Waals surface area contributed by atoms with Crippen LogP contribution in [0.25, 0.3) is 21.6 Å². The Balaban J connectivity index is 1.93. The van der Waals surface area contributed by atoms with Gasteiger partial charge in [0.2, 0.25) is 0 Å². The molecule has 0 aliphatic carbocycles. The number of benzene rings is 1. The number of nitrogen functional groups attached to an aromatic ring is 1. The first kappa shape index (κ1) is 19.1. The van der Waals surface area contributed by atoms with E-state index in [0.29, 0.717) is 12.0 Å². The van der Waals surface area contributed by atoms with Crippen molar-refractivity contribution < 1.29 is 13.2 Å². The quantitative estimate of drug-likeness (QED) is 0.536. The number of nitrogens with zero attached hydrogens (tertiary/aromatic N) is 3. The van der Waals surface area contributed by atoms with Crippen LogP contribution < -0.4 is 11.3 Å². The molecule has 1 aromatic carbocycles. The number of nitrogens with two attached hydrogens (primary N) is 1. The third-order valence-electron chi connectivity index (χ3n) is 4.55. The molecule has 3 aromatic heterocycles. The molecular formula is C20H15F3N4OS. The van der Waals surface area contributed by atoms with Gasteiger partial charge in [0.25, 0.3) is 5.56 Å². The molecule has 9 heteroatoms. The van der Waals surface area contributed by atoms with E-state index in [0.717, 1.165) is 22.3 Å². The van der Waals surface area contributed by atoms with E-state index < -0.39 is 22.7 Å². The summed E-state index contributed by atoms with van der Waals surface area (Å²) in [4.78, 5) is 21.6. The van der Waals surface area contributed by atoms with E-state index >= 15 is 0 Å². The fourth-order valence-electron chi connectivity index (χ4n) is 3.14. The topological polar surface area (TPSA) is 73.8 Å². The molecule has 5 nitrogen and oxygen atoms in total. The summed E-state index contributed by atoms with van der Waals surface area (Å²) in [6, 6.07) is 12.7. The molecule has 4 aromatic rings. The molecule has 0 radical (unpaired) electrons. The van der Waals surface area contributed by atoms with E-state index in [1.54, 1.807) is 12.1 Å². The van der Waals surface area contributed by atoms with Crippen molar-refractivity contribution in [3.63, 3.8) is 0 Å². The molecule has 0 saturated heterocycles. The first-order valence-corrected chi connectivity index (χ1v) is 9.58. The Morgan fingerprint density at radius 3 is 2.55 bits per heavy atom. The fourth-order valence-corrected chi connectivity index (χ4v) is 4.07. The van der Waals surface area contributed by atoms with Gasteiger partial charge in [-0.05, 0) is 24.1 Å². The van der Waals surface area contributed by atoms with E-state index in [1.165, 1.54) is 10.8 Å². The summed E-state index contributed by atoms with van der Waals surface area (Å²) in [5.41, 5.74) is 5.61. The van der Waals surface area contributed by atoms with Gasteiger partial charge in [-0.3, -0.25) is 9.36 Å². The number of aromatic nitrogens is 3. The molecule has 0 atom stereocenters. The Morgan fingerprint density at radius 1 is 1.10 bits per heavy atom. The number of anilines is 1. The number of pyridine rings is 1. The van der Waals surface area contributed by atoms with Gasteiger partial charge in [-0.2, -0.15) is 13.2 Å². The van der Waals surface area contributed by atoms with Crippen LogP contribution in [0.3, 0.4) is 0 Å². The predicted molar refractivity (Wildman–Crippen MR) is 107 cm³/mol. The highest BCUT2D eigenvalue weighted by molar-refractivity contribution is 7.16. The minimum absolute atomic E-state index is 0.0246. The number of hydrogen-bond donors (Lipinski definition) is 1. The molecule has 0 fully saturated rings. The summed E-state index contributed by atoms with van der Waals surface area (Å²) in [6.45, 7) is 0.155. The van der Waals surface area contributed by atoms with Crippen LogP contribution >= 0.6 is 11.3 Å². The molecule has 0 bridgehead atoms. The molecular weight excluding hydrogens is 401 g/mol. The molecule has 0 aliphatic rings. The Morgan fingerprint density at radius 2 is 1.86 bits per heavy atom. The summed E-state index contributed by atoms with van der Waals surface area (Å²) in [5, 5.41) is 0.513. The van der Waals surface area contributed by atoms with Crippen molar-refractivity contribution in [2.24, 2.45) is 0 Å². The zero-order valence-electron chi connectivity index (χ0n) is 15.0. The number of hydrogen-bond acceptors (Lipinski definition) is 5. The first-order chi connectivity index (χ1) is 13.9. The third kappa shape index (κ3) is 3.61. The van der Waals surface area contributed by atoms with Gasteiger partial charge in [-0.25, -0.2) is 9.97 Å². The molecule has 0 unspecified atom stereocenters. The van der Waals surface area contributed by atoms with Crippen molar-refractivity contribution in [1.82, 2.24) is 14.5 Å². The van der Waals surface area contributed by atoms with Crippen molar-refractivity contribution in [3.05, 3.63) is 75.5 Å². The predicted octanol–water partition coefficient (Wildman–Crippen LogP) is 4.36. The zero-order chi connectivity index (χ0) is 20.6. The number of rotatable bonds is 4. The molecule has 0 spiro atoms. The van der Waals surface area contributed by atoms with Gasteiger partial charge in [0.05, 0.1) is 16.5 Å². The molecule has 148 valence electrons. The zero-order valence-corrected chi connectivity index (χ0v) is 15.8. The monoisotopic (exact) mass is 416 g/mol. The van der Waals surface area contributed by atoms with Crippen LogP contribution in [0.5, 0.6) is 0 Å². The van der Waals surface area contributed by atoms with Crippen molar-refractivity contribution in [1.29, 1.82) is 0 Å². The van der Waals surface area contributed by atoms with Gasteiger partial charge >= 0.3 is 6.18 Å². The Hall–Kier alpha value is -3.20. The number of halogens is 3. The molecule has 2 N–H and O–H groups in total. The molecule has 0 amide bonds. The molecule has 0 aliphatic heterocycles. The van der Waals surface area contributed by atoms with Crippen LogP contribution in [-0.4, -0.2) is 14.5 Å². The molecule has 0 saturated carbocycles. The maximum Gasteiger partial charge on any atom is 0.418 e. The number of thiophene rings is 1. The normalized spacial score (nSPS) is 11.8. The molecule has 29 heavy (non-hydrogen) atoms. The Bertz CT molecular complexity index is 1230. The lowest BCUT2D eigenvalue weighted by Crippen LogP contribution is -2.26. The van der Waals surface area contributed by atoms with Crippen LogP contribution in [0.2, 0.25) is 0 Å². The van der Waals surface area contributed by atoms with Crippen molar-refractivity contribution >= 4 is 27.4 Å². The Labute approximate surface area is 167 Å². The SMILES string of the molecule is Nc1ncccc1-c1nc2scc(C(F)(F)F)c2c(=O)n1CCc1ccccc1. The molecule has 4 rings (SSSR count). The highest BCUT2D eigenvalue weighted by Crippen LogP contribution is 2.37. The smallest absolute Gasteiger partial charge is 0.383 e. The van der Waals surface area contributed by atoms with E-state index in [9.17, 15) is 18.0 Å². The summed E-state index contributed by atoms with van der Waals surface area (Å²) in [7, 11) is 0. The average molecular weight is 416 g/mol. The van der Waals surface area contributed by atoms with E-state index in [1.807, 2.05) is 30.3 Å². The summed E-state index contributed by atoms with van der Waals surface area (Å²) in [6.07, 6.45) is -2.69. The second-order valence-electron chi connectivity index (χ2n) is 6.39. The van der Waals surface area contributed by atoms with Gasteiger partial charge in [-0.1, -0.05) is 30.3 Å². The van der Waals surface area contributed by atoms with Gasteiger partial charge in [0, 0.05) is 18.1 Å². The minimum Gasteiger partial charge on any atom is -0.383 e.